The summed E-state index contributed by atoms with van der Waals surface area (Å²) in [6.07, 6.45) is 4.63. The molecule has 1 saturated carbocycles. The molecular weight excluding hydrogens is 292 g/mol. The first-order valence-electron chi connectivity index (χ1n) is 7.90. The van der Waals surface area contributed by atoms with Crippen LogP contribution in [-0.2, 0) is 0 Å². The van der Waals surface area contributed by atoms with Crippen LogP contribution in [0.4, 0.5) is 0 Å². The van der Waals surface area contributed by atoms with Gasteiger partial charge in [0.15, 0.2) is 0 Å². The summed E-state index contributed by atoms with van der Waals surface area (Å²) in [5, 5.41) is 12.8. The van der Waals surface area contributed by atoms with Crippen LogP contribution in [0, 0.1) is 0 Å². The van der Waals surface area contributed by atoms with E-state index in [1.807, 2.05) is 30.3 Å². The predicted molar refractivity (Wildman–Crippen MR) is 86.5 cm³/mol. The maximum atomic E-state index is 12.3. The van der Waals surface area contributed by atoms with Crippen LogP contribution in [0.3, 0.4) is 0 Å². The molecule has 2 aromatic rings. The van der Waals surface area contributed by atoms with Crippen molar-refractivity contribution in [1.29, 1.82) is 0 Å². The van der Waals surface area contributed by atoms with Gasteiger partial charge in [-0.25, -0.2) is 0 Å². The molecule has 0 spiro atoms. The fourth-order valence-electron chi connectivity index (χ4n) is 2.75. The lowest BCUT2D eigenvalue weighted by atomic mass is 9.92. The maximum Gasteiger partial charge on any atom is 0.270 e. The number of nitrogens with zero attached hydrogens (tertiary/aromatic N) is 1. The average Bonchev–Trinajstić information content (AvgIpc) is 2.58. The topological polar surface area (TPSA) is 71.5 Å². The standard InChI is InChI=1S/C18H20N2O3/c21-17-9-5-4-8-15(17)20-18(22)16-12-14(10-11-19-16)23-13-6-2-1-3-7-13/h1-3,6-7,10-12,15,17,21H,4-5,8-9H2,(H,20,22). The van der Waals surface area contributed by atoms with E-state index in [0.29, 0.717) is 11.5 Å². The van der Waals surface area contributed by atoms with Crippen LogP contribution in [-0.4, -0.2) is 28.1 Å². The summed E-state index contributed by atoms with van der Waals surface area (Å²) < 4.78 is 5.71. The van der Waals surface area contributed by atoms with Crippen molar-refractivity contribution in [2.75, 3.05) is 0 Å². The molecule has 23 heavy (non-hydrogen) atoms. The van der Waals surface area contributed by atoms with Crippen LogP contribution < -0.4 is 10.1 Å². The van der Waals surface area contributed by atoms with Gasteiger partial charge in [0.2, 0.25) is 0 Å². The number of aliphatic hydroxyl groups is 1. The van der Waals surface area contributed by atoms with Gasteiger partial charge in [-0.15, -0.1) is 0 Å². The van der Waals surface area contributed by atoms with Gasteiger partial charge >= 0.3 is 0 Å². The smallest absolute Gasteiger partial charge is 0.270 e. The minimum absolute atomic E-state index is 0.197. The van der Waals surface area contributed by atoms with Gasteiger partial charge in [0, 0.05) is 12.3 Å². The van der Waals surface area contributed by atoms with Crippen molar-refractivity contribution in [3.05, 3.63) is 54.4 Å². The second kappa shape index (κ2) is 7.24. The van der Waals surface area contributed by atoms with Crippen molar-refractivity contribution in [3.63, 3.8) is 0 Å². The van der Waals surface area contributed by atoms with Crippen LogP contribution >= 0.6 is 0 Å². The summed E-state index contributed by atoms with van der Waals surface area (Å²) in [5.41, 5.74) is 0.288. The highest BCUT2D eigenvalue weighted by Gasteiger charge is 2.25. The van der Waals surface area contributed by atoms with E-state index in [1.165, 1.54) is 0 Å². The molecule has 1 fully saturated rings. The monoisotopic (exact) mass is 312 g/mol. The Balaban J connectivity index is 1.67. The first kappa shape index (κ1) is 15.5. The molecule has 1 aliphatic carbocycles. The second-order valence-electron chi connectivity index (χ2n) is 5.72. The zero-order chi connectivity index (χ0) is 16.1. The Morgan fingerprint density at radius 3 is 2.70 bits per heavy atom. The number of ether oxygens (including phenoxy) is 1. The summed E-state index contributed by atoms with van der Waals surface area (Å²) in [6, 6.07) is 12.5. The molecular formula is C18H20N2O3. The van der Waals surface area contributed by atoms with Gasteiger partial charge in [0.1, 0.15) is 17.2 Å². The summed E-state index contributed by atoms with van der Waals surface area (Å²) in [4.78, 5) is 16.4. The van der Waals surface area contributed by atoms with Crippen molar-refractivity contribution in [2.45, 2.75) is 37.8 Å². The molecule has 1 aromatic heterocycles. The van der Waals surface area contributed by atoms with Gasteiger partial charge in [0.25, 0.3) is 5.91 Å². The SMILES string of the molecule is O=C(NC1CCCCC1O)c1cc(Oc2ccccc2)ccn1. The summed E-state index contributed by atoms with van der Waals surface area (Å²) in [6.45, 7) is 0. The number of rotatable bonds is 4. The number of para-hydroxylation sites is 1. The third-order valence-electron chi connectivity index (χ3n) is 3.99. The first-order chi connectivity index (χ1) is 11.2. The molecule has 2 unspecified atom stereocenters. The molecule has 2 atom stereocenters. The molecule has 3 rings (SSSR count). The number of benzene rings is 1. The third-order valence-corrected chi connectivity index (χ3v) is 3.99. The summed E-state index contributed by atoms with van der Waals surface area (Å²) in [7, 11) is 0. The number of pyridine rings is 1. The predicted octanol–water partition coefficient (Wildman–Crippen LogP) is 2.91. The highest BCUT2D eigenvalue weighted by atomic mass is 16.5. The highest BCUT2D eigenvalue weighted by molar-refractivity contribution is 5.92. The Morgan fingerprint density at radius 1 is 1.13 bits per heavy atom. The third kappa shape index (κ3) is 4.07. The van der Waals surface area contributed by atoms with Crippen LogP contribution in [0.5, 0.6) is 11.5 Å². The van der Waals surface area contributed by atoms with Crippen molar-refractivity contribution >= 4 is 5.91 Å². The Bertz CT molecular complexity index is 660. The highest BCUT2D eigenvalue weighted by Crippen LogP contribution is 2.22. The minimum atomic E-state index is -0.476. The van der Waals surface area contributed by atoms with Crippen molar-refractivity contribution < 1.29 is 14.6 Å². The van der Waals surface area contributed by atoms with Crippen molar-refractivity contribution in [1.82, 2.24) is 10.3 Å². The molecule has 120 valence electrons. The molecule has 1 aliphatic rings. The molecule has 0 saturated heterocycles. The number of aliphatic hydroxyl groups excluding tert-OH is 1. The lowest BCUT2D eigenvalue weighted by Gasteiger charge is -2.28. The largest absolute Gasteiger partial charge is 0.457 e. The van der Waals surface area contributed by atoms with E-state index in [4.69, 9.17) is 4.74 Å². The molecule has 2 N–H and O–H groups in total. The number of nitrogens with one attached hydrogen (secondary N) is 1. The number of carbonyl (C=O) groups is 1. The van der Waals surface area contributed by atoms with E-state index in [9.17, 15) is 9.90 Å². The number of hydrogen-bond donors (Lipinski definition) is 2. The van der Waals surface area contributed by atoms with E-state index in [1.54, 1.807) is 18.3 Å². The van der Waals surface area contributed by atoms with Crippen LogP contribution in [0.2, 0.25) is 0 Å². The molecule has 0 aliphatic heterocycles. The van der Waals surface area contributed by atoms with E-state index in [0.717, 1.165) is 25.7 Å². The van der Waals surface area contributed by atoms with Gasteiger partial charge in [0.05, 0.1) is 12.1 Å². The van der Waals surface area contributed by atoms with Crippen LogP contribution in [0.1, 0.15) is 36.2 Å². The molecule has 1 amide bonds. The van der Waals surface area contributed by atoms with Gasteiger partial charge in [-0.05, 0) is 31.0 Å². The first-order valence-corrected chi connectivity index (χ1v) is 7.90. The second-order valence-corrected chi connectivity index (χ2v) is 5.72. The van der Waals surface area contributed by atoms with Crippen molar-refractivity contribution in [2.24, 2.45) is 0 Å². The van der Waals surface area contributed by atoms with Gasteiger partial charge in [-0.1, -0.05) is 31.0 Å². The Labute approximate surface area is 135 Å². The molecule has 1 aromatic carbocycles. The zero-order valence-corrected chi connectivity index (χ0v) is 12.8. The number of amides is 1. The zero-order valence-electron chi connectivity index (χ0n) is 12.8. The average molecular weight is 312 g/mol. The van der Waals surface area contributed by atoms with E-state index in [-0.39, 0.29) is 17.6 Å². The van der Waals surface area contributed by atoms with Crippen LogP contribution in [0.15, 0.2) is 48.7 Å². The fourth-order valence-corrected chi connectivity index (χ4v) is 2.75. The molecule has 5 heteroatoms. The van der Waals surface area contributed by atoms with E-state index in [2.05, 4.69) is 10.3 Å². The normalized spacial score (nSPS) is 20.7. The molecule has 1 heterocycles. The maximum absolute atomic E-state index is 12.3. The quantitative estimate of drug-likeness (QED) is 0.910. The Hall–Kier alpha value is -2.40. The van der Waals surface area contributed by atoms with E-state index >= 15 is 0 Å². The number of hydrogen-bond acceptors (Lipinski definition) is 4. The molecule has 0 radical (unpaired) electrons. The molecule has 5 nitrogen and oxygen atoms in total. The van der Waals surface area contributed by atoms with Crippen molar-refractivity contribution in [3.8, 4) is 11.5 Å². The van der Waals surface area contributed by atoms with E-state index < -0.39 is 6.10 Å². The summed E-state index contributed by atoms with van der Waals surface area (Å²) >= 11 is 0. The summed E-state index contributed by atoms with van der Waals surface area (Å²) in [5.74, 6) is 0.975. The number of aromatic nitrogens is 1. The van der Waals surface area contributed by atoms with Gasteiger partial charge < -0.3 is 15.2 Å². The number of carbonyl (C=O) groups excluding carboxylic acids is 1. The van der Waals surface area contributed by atoms with Gasteiger partial charge in [-0.2, -0.15) is 0 Å². The fraction of sp³-hybridized carbons (Fsp3) is 0.333. The minimum Gasteiger partial charge on any atom is -0.457 e. The molecule has 0 bridgehead atoms. The lowest BCUT2D eigenvalue weighted by Crippen LogP contribution is -2.45. The Kier molecular flexibility index (Phi) is 4.88. The van der Waals surface area contributed by atoms with Gasteiger partial charge in [-0.3, -0.25) is 9.78 Å². The lowest BCUT2D eigenvalue weighted by molar-refractivity contribution is 0.0713. The Morgan fingerprint density at radius 2 is 1.91 bits per heavy atom. The van der Waals surface area contributed by atoms with Crippen LogP contribution in [0.25, 0.3) is 0 Å².